The van der Waals surface area contributed by atoms with E-state index in [0.717, 1.165) is 25.9 Å². The molecule has 0 bridgehead atoms. The number of nitro benzene ring substituents is 1. The molecule has 3 rings (SSSR count). The summed E-state index contributed by atoms with van der Waals surface area (Å²) in [6.45, 7) is 1.78. The molecule has 0 aliphatic carbocycles. The minimum absolute atomic E-state index is 0.137. The van der Waals surface area contributed by atoms with Crippen molar-refractivity contribution in [3.8, 4) is 0 Å². The third kappa shape index (κ3) is 1.89. The molecule has 0 atom stereocenters. The van der Waals surface area contributed by atoms with Crippen LogP contribution in [0.25, 0.3) is 11.0 Å². The molecule has 1 aliphatic rings. The summed E-state index contributed by atoms with van der Waals surface area (Å²) in [5, 5.41) is 11.3. The number of hydrogen-bond acceptors (Lipinski definition) is 5. The van der Waals surface area contributed by atoms with Crippen LogP contribution in [0, 0.1) is 10.1 Å². The predicted octanol–water partition coefficient (Wildman–Crippen LogP) is 1.59. The molecule has 6 nitrogen and oxygen atoms in total. The molecule has 0 amide bonds. The second-order valence-corrected chi connectivity index (χ2v) is 5.48. The number of piperidine rings is 1. The average Bonchev–Trinajstić information content (AvgIpc) is 2.86. The van der Waals surface area contributed by atoms with Gasteiger partial charge in [0.1, 0.15) is 0 Å². The van der Waals surface area contributed by atoms with Crippen LogP contribution in [0.2, 0.25) is 0 Å². The molecule has 1 aromatic heterocycles. The van der Waals surface area contributed by atoms with Gasteiger partial charge in [0.25, 0.3) is 0 Å². The summed E-state index contributed by atoms with van der Waals surface area (Å²) >= 11 is -0.229. The summed E-state index contributed by atoms with van der Waals surface area (Å²) in [4.78, 5) is 13.1. The Balaban J connectivity index is 2.14. The van der Waals surface area contributed by atoms with Crippen molar-refractivity contribution in [2.75, 3.05) is 18.0 Å². The number of hydrogen-bond donors (Lipinski definition) is 0. The zero-order valence-electron chi connectivity index (χ0n) is 9.70. The van der Waals surface area contributed by atoms with Crippen LogP contribution in [-0.2, 0) is 0 Å². The van der Waals surface area contributed by atoms with E-state index in [1.807, 2.05) is 12.1 Å². The van der Waals surface area contributed by atoms with Gasteiger partial charge in [-0.3, -0.25) is 0 Å². The maximum atomic E-state index is 11.3. The van der Waals surface area contributed by atoms with Crippen molar-refractivity contribution in [2.45, 2.75) is 19.3 Å². The zero-order valence-corrected chi connectivity index (χ0v) is 11.4. The molecule has 1 aliphatic heterocycles. The second kappa shape index (κ2) is 4.66. The Morgan fingerprint density at radius 3 is 2.72 bits per heavy atom. The van der Waals surface area contributed by atoms with Crippen LogP contribution in [0.15, 0.2) is 12.1 Å². The van der Waals surface area contributed by atoms with Gasteiger partial charge in [-0.05, 0) is 0 Å². The van der Waals surface area contributed by atoms with Crippen molar-refractivity contribution in [3.63, 3.8) is 0 Å². The van der Waals surface area contributed by atoms with Gasteiger partial charge >= 0.3 is 110 Å². The van der Waals surface area contributed by atoms with E-state index in [-0.39, 0.29) is 25.6 Å². The van der Waals surface area contributed by atoms with Crippen molar-refractivity contribution in [1.29, 1.82) is 0 Å². The Hall–Kier alpha value is -1.46. The monoisotopic (exact) mass is 312 g/mol. The number of rotatable bonds is 2. The van der Waals surface area contributed by atoms with Gasteiger partial charge in [-0.1, -0.05) is 0 Å². The Morgan fingerprint density at radius 1 is 1.22 bits per heavy atom. The first-order chi connectivity index (χ1) is 8.77. The standard InChI is InChI=1S/C11H12N4O2Se/c16-15(17)11-9(14-6-2-1-3-7-14)5-4-8-10(11)13-18-12-8/h4-5H,1-3,6-7H2. The van der Waals surface area contributed by atoms with E-state index >= 15 is 0 Å². The quantitative estimate of drug-likeness (QED) is 0.478. The number of aromatic nitrogens is 2. The summed E-state index contributed by atoms with van der Waals surface area (Å²) in [7, 11) is 0. The van der Waals surface area contributed by atoms with Gasteiger partial charge in [-0.25, -0.2) is 0 Å². The van der Waals surface area contributed by atoms with Crippen LogP contribution >= 0.6 is 0 Å². The van der Waals surface area contributed by atoms with Crippen LogP contribution in [0.4, 0.5) is 11.4 Å². The topological polar surface area (TPSA) is 72.2 Å². The van der Waals surface area contributed by atoms with Crippen molar-refractivity contribution >= 4 is 37.4 Å². The fourth-order valence-corrected chi connectivity index (χ4v) is 3.53. The zero-order chi connectivity index (χ0) is 12.5. The summed E-state index contributed by atoms with van der Waals surface area (Å²) in [6, 6.07) is 3.67. The number of benzene rings is 1. The Labute approximate surface area is 110 Å². The number of nitro groups is 1. The average molecular weight is 311 g/mol. The number of nitrogens with zero attached hydrogens (tertiary/aromatic N) is 4. The maximum absolute atomic E-state index is 11.3. The predicted molar refractivity (Wildman–Crippen MR) is 69.2 cm³/mol. The van der Waals surface area contributed by atoms with Crippen LogP contribution in [0.3, 0.4) is 0 Å². The molecule has 94 valence electrons. The number of fused-ring (bicyclic) bond motifs is 1. The van der Waals surface area contributed by atoms with Crippen molar-refractivity contribution in [2.24, 2.45) is 0 Å². The Kier molecular flexibility index (Phi) is 3.01. The van der Waals surface area contributed by atoms with Gasteiger partial charge in [0, 0.05) is 0 Å². The van der Waals surface area contributed by atoms with E-state index in [0.29, 0.717) is 16.7 Å². The van der Waals surface area contributed by atoms with Gasteiger partial charge in [-0.2, -0.15) is 0 Å². The fourth-order valence-electron chi connectivity index (χ4n) is 2.40. The Morgan fingerprint density at radius 2 is 2.00 bits per heavy atom. The molecular weight excluding hydrogens is 299 g/mol. The van der Waals surface area contributed by atoms with E-state index in [1.54, 1.807) is 0 Å². The molecule has 1 saturated heterocycles. The Bertz CT molecular complexity index is 592. The molecule has 2 aromatic rings. The molecule has 0 N–H and O–H groups in total. The number of anilines is 1. The molecule has 18 heavy (non-hydrogen) atoms. The van der Waals surface area contributed by atoms with E-state index in [4.69, 9.17) is 0 Å². The minimum atomic E-state index is -0.316. The molecular formula is C11H12N4O2Se. The van der Waals surface area contributed by atoms with Gasteiger partial charge in [0.05, 0.1) is 0 Å². The molecule has 0 radical (unpaired) electrons. The summed E-state index contributed by atoms with van der Waals surface area (Å²) in [5.41, 5.74) is 1.98. The molecule has 1 aromatic carbocycles. The fraction of sp³-hybridized carbons (Fsp3) is 0.455. The molecule has 0 saturated carbocycles. The third-order valence-electron chi connectivity index (χ3n) is 3.26. The molecule has 7 heteroatoms. The van der Waals surface area contributed by atoms with Gasteiger partial charge in [0.15, 0.2) is 0 Å². The van der Waals surface area contributed by atoms with E-state index < -0.39 is 0 Å². The van der Waals surface area contributed by atoms with Gasteiger partial charge in [-0.15, -0.1) is 0 Å². The summed E-state index contributed by atoms with van der Waals surface area (Å²) in [5.74, 6) is 0. The van der Waals surface area contributed by atoms with Gasteiger partial charge < -0.3 is 0 Å². The van der Waals surface area contributed by atoms with E-state index in [9.17, 15) is 10.1 Å². The SMILES string of the molecule is O=[N+]([O-])c1c(N2CCCCC2)ccc2n[se]nc12. The van der Waals surface area contributed by atoms with Crippen molar-refractivity contribution in [3.05, 3.63) is 22.2 Å². The van der Waals surface area contributed by atoms with Crippen LogP contribution in [0.5, 0.6) is 0 Å². The normalized spacial score (nSPS) is 16.1. The molecule has 0 unspecified atom stereocenters. The third-order valence-corrected chi connectivity index (χ3v) is 4.40. The summed E-state index contributed by atoms with van der Waals surface area (Å²) < 4.78 is 8.40. The summed E-state index contributed by atoms with van der Waals surface area (Å²) in [6.07, 6.45) is 3.40. The van der Waals surface area contributed by atoms with Crippen molar-refractivity contribution < 1.29 is 4.92 Å². The first kappa shape index (κ1) is 11.6. The van der Waals surface area contributed by atoms with Crippen LogP contribution < -0.4 is 4.90 Å². The van der Waals surface area contributed by atoms with Crippen LogP contribution in [0.1, 0.15) is 19.3 Å². The first-order valence-electron chi connectivity index (χ1n) is 5.92. The van der Waals surface area contributed by atoms with Crippen molar-refractivity contribution in [1.82, 2.24) is 7.96 Å². The van der Waals surface area contributed by atoms with Crippen LogP contribution in [-0.4, -0.2) is 40.9 Å². The van der Waals surface area contributed by atoms with E-state index in [1.165, 1.54) is 6.42 Å². The second-order valence-electron chi connectivity index (χ2n) is 4.37. The van der Waals surface area contributed by atoms with E-state index in [2.05, 4.69) is 12.9 Å². The first-order valence-corrected chi connectivity index (χ1v) is 7.45. The molecule has 1 fully saturated rings. The van der Waals surface area contributed by atoms with Gasteiger partial charge in [0.2, 0.25) is 0 Å². The molecule has 2 heterocycles. The molecule has 0 spiro atoms.